The number of rotatable bonds is 11. The molecule has 2 aromatic rings. The van der Waals surface area contributed by atoms with Gasteiger partial charge in [-0.3, -0.25) is 4.79 Å². The van der Waals surface area contributed by atoms with Crippen LogP contribution in [0, 0.1) is 6.92 Å². The fraction of sp³-hybridized carbons (Fsp3) is 0.348. The molecule has 2 rings (SSSR count). The molecule has 0 aliphatic rings. The van der Waals surface area contributed by atoms with Crippen molar-refractivity contribution in [2.45, 2.75) is 26.4 Å². The minimum Gasteiger partial charge on any atom is -0.493 e. The first-order valence-corrected chi connectivity index (χ1v) is 9.24. The number of benzene rings is 2. The van der Waals surface area contributed by atoms with E-state index < -0.39 is 6.10 Å². The number of ketones is 1. The van der Waals surface area contributed by atoms with Crippen molar-refractivity contribution in [3.05, 3.63) is 59.7 Å². The number of aryl methyl sites for hydroxylation is 1. The third-order valence-electron chi connectivity index (χ3n) is 4.34. The number of hydrogen-bond acceptors (Lipinski definition) is 6. The van der Waals surface area contributed by atoms with Crippen molar-refractivity contribution in [2.24, 2.45) is 0 Å². The Morgan fingerprint density at radius 1 is 1.07 bits per heavy atom. The average Bonchev–Trinajstić information content (AvgIpc) is 2.73. The van der Waals surface area contributed by atoms with Gasteiger partial charge >= 0.3 is 0 Å². The van der Waals surface area contributed by atoms with Crippen molar-refractivity contribution in [2.75, 3.05) is 28.1 Å². The molecule has 0 radical (unpaired) electrons. The monoisotopic (exact) mass is 400 g/mol. The predicted octanol–water partition coefficient (Wildman–Crippen LogP) is 4.37. The molecular weight excluding hydrogens is 372 g/mol. The molecule has 0 bridgehead atoms. The lowest BCUT2D eigenvalue weighted by Crippen LogP contribution is -2.24. The van der Waals surface area contributed by atoms with Crippen LogP contribution in [0.5, 0.6) is 23.0 Å². The maximum Gasteiger partial charge on any atom is 0.203 e. The summed E-state index contributed by atoms with van der Waals surface area (Å²) >= 11 is 0. The molecule has 1 atom stereocenters. The molecule has 6 nitrogen and oxygen atoms in total. The van der Waals surface area contributed by atoms with Gasteiger partial charge < -0.3 is 23.7 Å². The number of methoxy groups -OCH3 is 3. The minimum atomic E-state index is -0.719. The molecule has 0 spiro atoms. The molecule has 0 aromatic heterocycles. The summed E-state index contributed by atoms with van der Waals surface area (Å²) in [6.07, 6.45) is 1.83. The smallest absolute Gasteiger partial charge is 0.203 e. The summed E-state index contributed by atoms with van der Waals surface area (Å²) in [6.45, 7) is 7.48. The minimum absolute atomic E-state index is 0.0874. The summed E-state index contributed by atoms with van der Waals surface area (Å²) in [5, 5.41) is 0. The van der Waals surface area contributed by atoms with Gasteiger partial charge in [0.15, 0.2) is 35.9 Å². The number of carbonyl (C=O) groups is 1. The van der Waals surface area contributed by atoms with Crippen LogP contribution in [-0.2, 0) is 11.2 Å². The van der Waals surface area contributed by atoms with E-state index in [1.165, 1.54) is 14.2 Å². The van der Waals surface area contributed by atoms with Gasteiger partial charge in [-0.05, 0) is 55.7 Å². The molecule has 156 valence electrons. The Balaban J connectivity index is 2.24. The molecule has 1 unspecified atom stereocenters. The van der Waals surface area contributed by atoms with Gasteiger partial charge in [0.05, 0.1) is 14.2 Å². The van der Waals surface area contributed by atoms with Crippen LogP contribution >= 0.6 is 0 Å². The molecule has 2 aromatic carbocycles. The van der Waals surface area contributed by atoms with E-state index in [1.807, 2.05) is 25.1 Å². The molecule has 0 N–H and O–H groups in total. The molecule has 0 heterocycles. The van der Waals surface area contributed by atoms with Gasteiger partial charge in [-0.15, -0.1) is 6.58 Å². The third kappa shape index (κ3) is 5.51. The van der Waals surface area contributed by atoms with Crippen LogP contribution in [-0.4, -0.2) is 40.0 Å². The maximum absolute atomic E-state index is 12.9. The molecule has 0 saturated carbocycles. The highest BCUT2D eigenvalue weighted by Gasteiger charge is 2.22. The van der Waals surface area contributed by atoms with Gasteiger partial charge in [0.25, 0.3) is 0 Å². The fourth-order valence-corrected chi connectivity index (χ4v) is 2.93. The van der Waals surface area contributed by atoms with E-state index in [-0.39, 0.29) is 12.6 Å². The second-order valence-electron chi connectivity index (χ2n) is 6.48. The van der Waals surface area contributed by atoms with Gasteiger partial charge in [0, 0.05) is 12.7 Å². The molecule has 0 aliphatic carbocycles. The zero-order valence-corrected chi connectivity index (χ0v) is 17.6. The lowest BCUT2D eigenvalue weighted by atomic mass is 10.0. The molecular formula is C23H28O6. The van der Waals surface area contributed by atoms with Crippen LogP contribution in [0.15, 0.2) is 43.0 Å². The lowest BCUT2D eigenvalue weighted by molar-refractivity contribution is 0.0491. The van der Waals surface area contributed by atoms with E-state index >= 15 is 0 Å². The summed E-state index contributed by atoms with van der Waals surface area (Å²) in [5.41, 5.74) is 2.41. The quantitative estimate of drug-likeness (QED) is 0.317. The molecule has 0 amide bonds. The van der Waals surface area contributed by atoms with Crippen molar-refractivity contribution in [3.8, 4) is 23.0 Å². The van der Waals surface area contributed by atoms with Crippen LogP contribution < -0.4 is 18.9 Å². The Morgan fingerprint density at radius 3 is 2.41 bits per heavy atom. The number of ether oxygens (including phenoxy) is 5. The summed E-state index contributed by atoms with van der Waals surface area (Å²) in [5.74, 6) is 1.89. The summed E-state index contributed by atoms with van der Waals surface area (Å²) in [7, 11) is 4.63. The molecule has 0 aliphatic heterocycles. The van der Waals surface area contributed by atoms with Crippen molar-refractivity contribution in [1.82, 2.24) is 0 Å². The average molecular weight is 400 g/mol. The summed E-state index contributed by atoms with van der Waals surface area (Å²) < 4.78 is 27.1. The second kappa shape index (κ2) is 10.5. The normalized spacial score (nSPS) is 11.5. The largest absolute Gasteiger partial charge is 0.493 e. The van der Waals surface area contributed by atoms with Crippen molar-refractivity contribution >= 4 is 5.78 Å². The van der Waals surface area contributed by atoms with Gasteiger partial charge in [-0.25, -0.2) is 0 Å². The highest BCUT2D eigenvalue weighted by atomic mass is 16.7. The Bertz CT molecular complexity index is 859. The van der Waals surface area contributed by atoms with Crippen LogP contribution in [0.1, 0.15) is 28.4 Å². The van der Waals surface area contributed by atoms with Crippen LogP contribution in [0.2, 0.25) is 0 Å². The molecule has 6 heteroatoms. The lowest BCUT2D eigenvalue weighted by Gasteiger charge is -2.19. The number of Topliss-reactive ketones (excluding diaryl/α,β-unsaturated/α-hetero) is 1. The Labute approximate surface area is 172 Å². The maximum atomic E-state index is 12.9. The highest BCUT2D eigenvalue weighted by Crippen LogP contribution is 2.34. The van der Waals surface area contributed by atoms with Gasteiger partial charge in [-0.1, -0.05) is 12.1 Å². The highest BCUT2D eigenvalue weighted by molar-refractivity contribution is 6.00. The molecule has 0 fully saturated rings. The number of allylic oxidation sites excluding steroid dienone is 1. The van der Waals surface area contributed by atoms with Crippen molar-refractivity contribution in [3.63, 3.8) is 0 Å². The first-order chi connectivity index (χ1) is 13.9. The van der Waals surface area contributed by atoms with Crippen LogP contribution in [0.3, 0.4) is 0 Å². The number of carbonyl (C=O) groups excluding carboxylic acids is 1. The zero-order chi connectivity index (χ0) is 21.4. The standard InChI is InChI=1S/C23H28O6/c1-7-8-17-11-15(2)23(21(12-17)27-6)29-16(3)22(24)18-9-10-19(28-14-25-4)20(13-18)26-5/h7,9-13,16H,1,8,14H2,2-6H3. The Morgan fingerprint density at radius 2 is 1.79 bits per heavy atom. The second-order valence-corrected chi connectivity index (χ2v) is 6.48. The zero-order valence-electron chi connectivity index (χ0n) is 17.6. The Kier molecular flexibility index (Phi) is 8.09. The first-order valence-electron chi connectivity index (χ1n) is 9.24. The van der Waals surface area contributed by atoms with Gasteiger partial charge in [-0.2, -0.15) is 0 Å². The van der Waals surface area contributed by atoms with E-state index in [4.69, 9.17) is 23.7 Å². The van der Waals surface area contributed by atoms with Gasteiger partial charge in [0.1, 0.15) is 0 Å². The Hall–Kier alpha value is -2.99. The number of hydrogen-bond donors (Lipinski definition) is 0. The van der Waals surface area contributed by atoms with Crippen molar-refractivity contribution < 1.29 is 28.5 Å². The van der Waals surface area contributed by atoms with E-state index in [9.17, 15) is 4.79 Å². The summed E-state index contributed by atoms with van der Waals surface area (Å²) in [6, 6.07) is 8.87. The first kappa shape index (κ1) is 22.3. The van der Waals surface area contributed by atoms with E-state index in [1.54, 1.807) is 32.2 Å². The summed E-state index contributed by atoms with van der Waals surface area (Å²) in [4.78, 5) is 12.9. The van der Waals surface area contributed by atoms with E-state index in [2.05, 4.69) is 6.58 Å². The molecule has 0 saturated heterocycles. The third-order valence-corrected chi connectivity index (χ3v) is 4.34. The predicted molar refractivity (Wildman–Crippen MR) is 112 cm³/mol. The van der Waals surface area contributed by atoms with Gasteiger partial charge in [0.2, 0.25) is 5.78 Å². The van der Waals surface area contributed by atoms with Crippen LogP contribution in [0.25, 0.3) is 0 Å². The fourth-order valence-electron chi connectivity index (χ4n) is 2.93. The van der Waals surface area contributed by atoms with Crippen LogP contribution in [0.4, 0.5) is 0 Å². The van der Waals surface area contributed by atoms with E-state index in [0.29, 0.717) is 28.6 Å². The topological polar surface area (TPSA) is 63.2 Å². The van der Waals surface area contributed by atoms with E-state index in [0.717, 1.165) is 17.5 Å². The molecule has 29 heavy (non-hydrogen) atoms. The SMILES string of the molecule is C=CCc1cc(C)c(OC(C)C(=O)c2ccc(OCOC)c(OC)c2)c(OC)c1. The van der Waals surface area contributed by atoms with Crippen molar-refractivity contribution in [1.29, 1.82) is 0 Å².